The van der Waals surface area contributed by atoms with Gasteiger partial charge in [-0.2, -0.15) is 0 Å². The standard InChI is InChI=1S/C17H27N3O/c1-18-9-11-20(12-10-18)16-13-19(14-17(16)21)8-7-15-5-3-2-4-6-15/h2-6,16-17,21H,7-14H2,1H3/t16-,17-/m0/s1. The van der Waals surface area contributed by atoms with Crippen LogP contribution in [-0.4, -0.2) is 84.8 Å². The van der Waals surface area contributed by atoms with Crippen LogP contribution in [0, 0.1) is 0 Å². The van der Waals surface area contributed by atoms with Gasteiger partial charge in [0, 0.05) is 51.9 Å². The molecule has 0 radical (unpaired) electrons. The highest BCUT2D eigenvalue weighted by Gasteiger charge is 2.35. The Morgan fingerprint density at radius 1 is 1.05 bits per heavy atom. The summed E-state index contributed by atoms with van der Waals surface area (Å²) in [4.78, 5) is 7.26. The number of hydrogen-bond donors (Lipinski definition) is 1. The van der Waals surface area contributed by atoms with E-state index < -0.39 is 0 Å². The van der Waals surface area contributed by atoms with Gasteiger partial charge < -0.3 is 10.0 Å². The highest BCUT2D eigenvalue weighted by molar-refractivity contribution is 5.15. The zero-order valence-electron chi connectivity index (χ0n) is 13.0. The number of β-amino-alcohol motifs (C(OH)–C–C–N with tert-alkyl or cyclic N) is 1. The van der Waals surface area contributed by atoms with Crippen LogP contribution in [0.5, 0.6) is 0 Å². The lowest BCUT2D eigenvalue weighted by atomic mass is 10.1. The molecule has 1 aromatic carbocycles. The van der Waals surface area contributed by atoms with Crippen molar-refractivity contribution in [2.45, 2.75) is 18.6 Å². The molecule has 0 unspecified atom stereocenters. The number of benzene rings is 1. The van der Waals surface area contributed by atoms with Crippen molar-refractivity contribution in [3.63, 3.8) is 0 Å². The van der Waals surface area contributed by atoms with Crippen LogP contribution < -0.4 is 0 Å². The van der Waals surface area contributed by atoms with E-state index in [-0.39, 0.29) is 6.10 Å². The molecule has 0 saturated carbocycles. The topological polar surface area (TPSA) is 30.0 Å². The SMILES string of the molecule is CN1CCN([C@H]2CN(CCc3ccccc3)C[C@@H]2O)CC1. The van der Waals surface area contributed by atoms with E-state index in [2.05, 4.69) is 52.1 Å². The van der Waals surface area contributed by atoms with Crippen LogP contribution in [0.15, 0.2) is 30.3 Å². The molecule has 0 spiro atoms. The molecule has 0 amide bonds. The summed E-state index contributed by atoms with van der Waals surface area (Å²) in [6, 6.07) is 11.0. The van der Waals surface area contributed by atoms with E-state index in [0.717, 1.165) is 52.2 Å². The van der Waals surface area contributed by atoms with Crippen molar-refractivity contribution < 1.29 is 5.11 Å². The summed E-state index contributed by atoms with van der Waals surface area (Å²) in [7, 11) is 2.18. The van der Waals surface area contributed by atoms with Gasteiger partial charge in [0.1, 0.15) is 0 Å². The number of likely N-dealkylation sites (N-methyl/N-ethyl adjacent to an activating group) is 1. The maximum atomic E-state index is 10.4. The normalized spacial score (nSPS) is 29.0. The van der Waals surface area contributed by atoms with Gasteiger partial charge >= 0.3 is 0 Å². The monoisotopic (exact) mass is 289 g/mol. The second kappa shape index (κ2) is 6.88. The van der Waals surface area contributed by atoms with Crippen molar-refractivity contribution in [3.8, 4) is 0 Å². The lowest BCUT2D eigenvalue weighted by Gasteiger charge is -2.37. The Labute approximate surface area is 128 Å². The molecule has 4 heteroatoms. The fourth-order valence-electron chi connectivity index (χ4n) is 3.47. The smallest absolute Gasteiger partial charge is 0.0834 e. The fraction of sp³-hybridized carbons (Fsp3) is 0.647. The fourth-order valence-corrected chi connectivity index (χ4v) is 3.47. The van der Waals surface area contributed by atoms with Crippen LogP contribution in [0.1, 0.15) is 5.56 Å². The maximum Gasteiger partial charge on any atom is 0.0834 e. The number of piperazine rings is 1. The summed E-state index contributed by atoms with van der Waals surface area (Å²) in [5.74, 6) is 0. The Bertz CT molecular complexity index is 431. The summed E-state index contributed by atoms with van der Waals surface area (Å²) >= 11 is 0. The Kier molecular flexibility index (Phi) is 4.91. The molecule has 2 atom stereocenters. The lowest BCUT2D eigenvalue weighted by molar-refractivity contribution is 0.0512. The van der Waals surface area contributed by atoms with Crippen LogP contribution in [0.4, 0.5) is 0 Å². The van der Waals surface area contributed by atoms with Gasteiger partial charge in [-0.1, -0.05) is 30.3 Å². The van der Waals surface area contributed by atoms with Crippen molar-refractivity contribution in [2.24, 2.45) is 0 Å². The summed E-state index contributed by atoms with van der Waals surface area (Å²) < 4.78 is 0. The molecule has 116 valence electrons. The average Bonchev–Trinajstić information content (AvgIpc) is 2.88. The van der Waals surface area contributed by atoms with E-state index >= 15 is 0 Å². The van der Waals surface area contributed by atoms with Gasteiger partial charge in [0.15, 0.2) is 0 Å². The third-order valence-electron chi connectivity index (χ3n) is 4.90. The first-order valence-electron chi connectivity index (χ1n) is 8.09. The third-order valence-corrected chi connectivity index (χ3v) is 4.90. The average molecular weight is 289 g/mol. The zero-order valence-corrected chi connectivity index (χ0v) is 13.0. The molecule has 2 aliphatic heterocycles. The minimum Gasteiger partial charge on any atom is -0.390 e. The lowest BCUT2D eigenvalue weighted by Crippen LogP contribution is -2.52. The van der Waals surface area contributed by atoms with E-state index in [9.17, 15) is 5.11 Å². The van der Waals surface area contributed by atoms with Crippen molar-refractivity contribution in [1.82, 2.24) is 14.7 Å². The molecule has 0 aromatic heterocycles. The highest BCUT2D eigenvalue weighted by Crippen LogP contribution is 2.18. The Hall–Kier alpha value is -0.940. The van der Waals surface area contributed by atoms with Crippen LogP contribution in [0.2, 0.25) is 0 Å². The predicted octanol–water partition coefficient (Wildman–Crippen LogP) is 0.522. The largest absolute Gasteiger partial charge is 0.390 e. The molecule has 1 N–H and O–H groups in total. The summed E-state index contributed by atoms with van der Waals surface area (Å²) in [6.07, 6.45) is 0.882. The molecule has 2 heterocycles. The van der Waals surface area contributed by atoms with Gasteiger partial charge in [-0.25, -0.2) is 0 Å². The summed E-state index contributed by atoms with van der Waals surface area (Å²) in [5, 5.41) is 10.4. The van der Waals surface area contributed by atoms with E-state index in [1.54, 1.807) is 0 Å². The van der Waals surface area contributed by atoms with E-state index in [4.69, 9.17) is 0 Å². The van der Waals surface area contributed by atoms with Crippen molar-refractivity contribution in [1.29, 1.82) is 0 Å². The van der Waals surface area contributed by atoms with Crippen molar-refractivity contribution in [2.75, 3.05) is 52.9 Å². The molecular weight excluding hydrogens is 262 g/mol. The predicted molar refractivity (Wildman–Crippen MR) is 85.5 cm³/mol. The van der Waals surface area contributed by atoms with Crippen LogP contribution in [-0.2, 0) is 6.42 Å². The Morgan fingerprint density at radius 3 is 2.48 bits per heavy atom. The molecule has 1 aromatic rings. The minimum absolute atomic E-state index is 0.191. The number of aliphatic hydroxyl groups excluding tert-OH is 1. The quantitative estimate of drug-likeness (QED) is 0.875. The Balaban J connectivity index is 1.49. The van der Waals surface area contributed by atoms with Gasteiger partial charge in [-0.05, 0) is 19.0 Å². The van der Waals surface area contributed by atoms with E-state index in [1.165, 1.54) is 5.56 Å². The number of likely N-dealkylation sites (tertiary alicyclic amines) is 1. The number of nitrogens with zero attached hydrogens (tertiary/aromatic N) is 3. The number of aliphatic hydroxyl groups is 1. The third kappa shape index (κ3) is 3.83. The molecule has 2 saturated heterocycles. The zero-order chi connectivity index (χ0) is 14.7. The first kappa shape index (κ1) is 15.0. The van der Waals surface area contributed by atoms with Gasteiger partial charge in [0.05, 0.1) is 6.10 Å². The minimum atomic E-state index is -0.191. The van der Waals surface area contributed by atoms with Gasteiger partial charge in [-0.3, -0.25) is 9.80 Å². The summed E-state index contributed by atoms with van der Waals surface area (Å²) in [6.45, 7) is 7.29. The van der Waals surface area contributed by atoms with Gasteiger partial charge in [-0.15, -0.1) is 0 Å². The second-order valence-corrected chi connectivity index (χ2v) is 6.47. The molecule has 21 heavy (non-hydrogen) atoms. The first-order chi connectivity index (χ1) is 10.2. The number of rotatable bonds is 4. The van der Waals surface area contributed by atoms with Gasteiger partial charge in [0.2, 0.25) is 0 Å². The molecule has 2 aliphatic rings. The molecule has 3 rings (SSSR count). The van der Waals surface area contributed by atoms with Crippen LogP contribution in [0.25, 0.3) is 0 Å². The molecule has 2 fully saturated rings. The molecule has 4 nitrogen and oxygen atoms in total. The van der Waals surface area contributed by atoms with Crippen LogP contribution >= 0.6 is 0 Å². The van der Waals surface area contributed by atoms with E-state index in [1.807, 2.05) is 0 Å². The molecule has 0 bridgehead atoms. The number of hydrogen-bond acceptors (Lipinski definition) is 4. The van der Waals surface area contributed by atoms with Crippen molar-refractivity contribution >= 4 is 0 Å². The molecule has 0 aliphatic carbocycles. The Morgan fingerprint density at radius 2 is 1.76 bits per heavy atom. The van der Waals surface area contributed by atoms with Gasteiger partial charge in [0.25, 0.3) is 0 Å². The first-order valence-corrected chi connectivity index (χ1v) is 8.09. The summed E-state index contributed by atoms with van der Waals surface area (Å²) in [5.41, 5.74) is 1.38. The van der Waals surface area contributed by atoms with Crippen LogP contribution in [0.3, 0.4) is 0 Å². The molecular formula is C17H27N3O. The van der Waals surface area contributed by atoms with E-state index in [0.29, 0.717) is 6.04 Å². The second-order valence-electron chi connectivity index (χ2n) is 6.47. The van der Waals surface area contributed by atoms with Crippen molar-refractivity contribution in [3.05, 3.63) is 35.9 Å². The maximum absolute atomic E-state index is 10.4. The highest BCUT2D eigenvalue weighted by atomic mass is 16.3.